The molecular weight excluding hydrogens is 272 g/mol. The Labute approximate surface area is 121 Å². The number of carboxylic acid groups (broad SMARTS) is 1. The monoisotopic (exact) mass is 288 g/mol. The predicted molar refractivity (Wildman–Crippen MR) is 72.8 cm³/mol. The maximum absolute atomic E-state index is 11.8. The molecule has 0 aliphatic heterocycles. The lowest BCUT2D eigenvalue weighted by molar-refractivity contribution is -0.698. The van der Waals surface area contributed by atoms with Gasteiger partial charge in [-0.05, 0) is 24.3 Å². The molecule has 21 heavy (non-hydrogen) atoms. The molecule has 0 bridgehead atoms. The van der Waals surface area contributed by atoms with Gasteiger partial charge in [0.15, 0.2) is 5.76 Å². The molecule has 1 atom stereocenters. The second-order valence-corrected chi connectivity index (χ2v) is 4.56. The van der Waals surface area contributed by atoms with Crippen LogP contribution in [0.1, 0.15) is 12.2 Å². The number of furan rings is 1. The van der Waals surface area contributed by atoms with Crippen molar-refractivity contribution in [1.82, 2.24) is 0 Å². The van der Waals surface area contributed by atoms with Crippen LogP contribution in [0.15, 0.2) is 53.1 Å². The van der Waals surface area contributed by atoms with Gasteiger partial charge in [-0.15, -0.1) is 0 Å². The first-order chi connectivity index (χ1) is 10.1. The molecular formula is C15H16N2O4. The van der Waals surface area contributed by atoms with Crippen LogP contribution in [0.25, 0.3) is 0 Å². The quantitative estimate of drug-likeness (QED) is 0.717. The minimum atomic E-state index is -1.27. The normalized spacial score (nSPS) is 11.8. The lowest BCUT2D eigenvalue weighted by atomic mass is 10.2. The lowest BCUT2D eigenvalue weighted by Crippen LogP contribution is -2.92. The first-order valence-corrected chi connectivity index (χ1v) is 6.56. The van der Waals surface area contributed by atoms with E-state index < -0.39 is 12.0 Å². The molecule has 110 valence electrons. The van der Waals surface area contributed by atoms with Crippen molar-refractivity contribution in [2.45, 2.75) is 19.0 Å². The summed E-state index contributed by atoms with van der Waals surface area (Å²) in [6, 6.07) is 11.4. The van der Waals surface area contributed by atoms with Gasteiger partial charge in [-0.25, -0.2) is 0 Å². The van der Waals surface area contributed by atoms with Gasteiger partial charge < -0.3 is 25.0 Å². The fourth-order valence-corrected chi connectivity index (χ4v) is 1.88. The van der Waals surface area contributed by atoms with Crippen LogP contribution in [-0.4, -0.2) is 17.9 Å². The molecule has 0 spiro atoms. The van der Waals surface area contributed by atoms with Gasteiger partial charge in [-0.3, -0.25) is 4.79 Å². The van der Waals surface area contributed by atoms with E-state index in [9.17, 15) is 14.7 Å². The molecule has 0 unspecified atom stereocenters. The first-order valence-electron chi connectivity index (χ1n) is 6.56. The third-order valence-corrected chi connectivity index (χ3v) is 2.95. The van der Waals surface area contributed by atoms with E-state index in [1.165, 1.54) is 11.6 Å². The van der Waals surface area contributed by atoms with E-state index in [1.807, 2.05) is 6.07 Å². The highest BCUT2D eigenvalue weighted by molar-refractivity contribution is 5.93. The van der Waals surface area contributed by atoms with E-state index in [1.54, 1.807) is 36.4 Å². The van der Waals surface area contributed by atoms with Crippen molar-refractivity contribution >= 4 is 17.6 Å². The Hall–Kier alpha value is -2.60. The molecule has 1 heterocycles. The van der Waals surface area contributed by atoms with Crippen molar-refractivity contribution in [2.75, 3.05) is 5.32 Å². The Morgan fingerprint density at radius 1 is 1.19 bits per heavy atom. The maximum Gasteiger partial charge on any atom is 0.230 e. The predicted octanol–water partition coefficient (Wildman–Crippen LogP) is -0.510. The molecule has 6 nitrogen and oxygen atoms in total. The van der Waals surface area contributed by atoms with Gasteiger partial charge in [0.25, 0.3) is 0 Å². The van der Waals surface area contributed by atoms with E-state index in [-0.39, 0.29) is 12.3 Å². The van der Waals surface area contributed by atoms with Gasteiger partial charge in [0.05, 0.1) is 18.7 Å². The SMILES string of the molecule is O=C(C[C@H]([NH2+]Cc1ccco1)C(=O)[O-])Nc1ccccc1. The van der Waals surface area contributed by atoms with E-state index in [2.05, 4.69) is 5.32 Å². The van der Waals surface area contributed by atoms with E-state index >= 15 is 0 Å². The van der Waals surface area contributed by atoms with Gasteiger partial charge in [-0.2, -0.15) is 0 Å². The number of nitrogens with two attached hydrogens (primary N) is 1. The maximum atomic E-state index is 11.8. The number of amides is 1. The molecule has 0 saturated carbocycles. The molecule has 0 radical (unpaired) electrons. The molecule has 1 aromatic heterocycles. The molecule has 0 aliphatic rings. The molecule has 0 saturated heterocycles. The van der Waals surface area contributed by atoms with Gasteiger partial charge >= 0.3 is 0 Å². The van der Waals surface area contributed by atoms with Gasteiger partial charge in [0.1, 0.15) is 12.6 Å². The van der Waals surface area contributed by atoms with Gasteiger partial charge in [0.2, 0.25) is 5.91 Å². The molecule has 2 aromatic rings. The van der Waals surface area contributed by atoms with E-state index in [4.69, 9.17) is 4.42 Å². The summed E-state index contributed by atoms with van der Waals surface area (Å²) in [5.41, 5.74) is 0.630. The van der Waals surface area contributed by atoms with Crippen LogP contribution in [0.5, 0.6) is 0 Å². The first kappa shape index (κ1) is 14.8. The topological polar surface area (TPSA) is 99.0 Å². The van der Waals surface area contributed by atoms with E-state index in [0.29, 0.717) is 18.0 Å². The average molecular weight is 288 g/mol. The van der Waals surface area contributed by atoms with Crippen molar-refractivity contribution in [3.63, 3.8) is 0 Å². The number of quaternary nitrogens is 1. The Balaban J connectivity index is 1.87. The number of nitrogens with one attached hydrogen (secondary N) is 1. The smallest absolute Gasteiger partial charge is 0.230 e. The third-order valence-electron chi connectivity index (χ3n) is 2.95. The van der Waals surface area contributed by atoms with Crippen LogP contribution in [-0.2, 0) is 16.1 Å². The highest BCUT2D eigenvalue weighted by Gasteiger charge is 2.18. The fourth-order valence-electron chi connectivity index (χ4n) is 1.88. The standard InChI is InChI=1S/C15H16N2O4/c18-14(17-11-5-2-1-3-6-11)9-13(15(19)20)16-10-12-7-4-8-21-12/h1-8,13,16H,9-10H2,(H,17,18)(H,19,20)/t13-/m0/s1. The second kappa shape index (κ2) is 7.25. The van der Waals surface area contributed by atoms with Crippen LogP contribution in [0.4, 0.5) is 5.69 Å². The number of rotatable bonds is 7. The van der Waals surface area contributed by atoms with Crippen LogP contribution >= 0.6 is 0 Å². The van der Waals surface area contributed by atoms with Gasteiger partial charge in [0, 0.05) is 5.69 Å². The number of carbonyl (C=O) groups is 2. The number of aliphatic carboxylic acids is 1. The highest BCUT2D eigenvalue weighted by atomic mass is 16.4. The summed E-state index contributed by atoms with van der Waals surface area (Å²) in [6.07, 6.45) is 1.34. The van der Waals surface area contributed by atoms with Crippen molar-refractivity contribution < 1.29 is 24.4 Å². The third kappa shape index (κ3) is 4.77. The number of anilines is 1. The molecule has 0 fully saturated rings. The Morgan fingerprint density at radius 3 is 2.57 bits per heavy atom. The Kier molecular flexibility index (Phi) is 5.11. The largest absolute Gasteiger partial charge is 0.544 e. The average Bonchev–Trinajstić information content (AvgIpc) is 2.97. The number of para-hydroxylation sites is 1. The summed E-state index contributed by atoms with van der Waals surface area (Å²) < 4.78 is 5.12. The summed E-state index contributed by atoms with van der Waals surface area (Å²) in [6.45, 7) is 0.338. The molecule has 1 amide bonds. The molecule has 6 heteroatoms. The Bertz CT molecular complexity index is 581. The zero-order chi connectivity index (χ0) is 15.1. The van der Waals surface area contributed by atoms with Crippen molar-refractivity contribution in [3.8, 4) is 0 Å². The molecule has 0 aliphatic carbocycles. The number of benzene rings is 1. The number of carbonyl (C=O) groups excluding carboxylic acids is 2. The number of carboxylic acids is 1. The summed E-state index contributed by atoms with van der Waals surface area (Å²) in [5, 5.41) is 15.3. The second-order valence-electron chi connectivity index (χ2n) is 4.56. The molecule has 1 aromatic carbocycles. The number of hydrogen-bond donors (Lipinski definition) is 2. The lowest BCUT2D eigenvalue weighted by Gasteiger charge is -2.15. The van der Waals surface area contributed by atoms with Crippen LogP contribution < -0.4 is 15.7 Å². The zero-order valence-corrected chi connectivity index (χ0v) is 11.3. The summed E-state index contributed by atoms with van der Waals surface area (Å²) in [7, 11) is 0. The van der Waals surface area contributed by atoms with Crippen molar-refractivity contribution in [3.05, 3.63) is 54.5 Å². The van der Waals surface area contributed by atoms with Crippen molar-refractivity contribution in [2.24, 2.45) is 0 Å². The minimum absolute atomic E-state index is 0.169. The minimum Gasteiger partial charge on any atom is -0.544 e. The molecule has 2 rings (SSSR count). The zero-order valence-electron chi connectivity index (χ0n) is 11.3. The van der Waals surface area contributed by atoms with Crippen molar-refractivity contribution in [1.29, 1.82) is 0 Å². The summed E-state index contributed by atoms with van der Waals surface area (Å²) in [5.74, 6) is -0.999. The highest BCUT2D eigenvalue weighted by Crippen LogP contribution is 2.05. The molecule has 3 N–H and O–H groups in total. The summed E-state index contributed by atoms with van der Waals surface area (Å²) in [4.78, 5) is 22.9. The number of hydrogen-bond acceptors (Lipinski definition) is 4. The Morgan fingerprint density at radius 2 is 1.95 bits per heavy atom. The fraction of sp³-hybridized carbons (Fsp3) is 0.200. The van der Waals surface area contributed by atoms with Crippen LogP contribution in [0.2, 0.25) is 0 Å². The van der Waals surface area contributed by atoms with E-state index in [0.717, 1.165) is 0 Å². The van der Waals surface area contributed by atoms with Crippen LogP contribution in [0.3, 0.4) is 0 Å². The van der Waals surface area contributed by atoms with Gasteiger partial charge in [-0.1, -0.05) is 18.2 Å². The summed E-state index contributed by atoms with van der Waals surface area (Å²) >= 11 is 0. The van der Waals surface area contributed by atoms with Crippen LogP contribution in [0, 0.1) is 0 Å².